The largest absolute Gasteiger partial charge is 0.378 e. The molecule has 3 amide bonds. The van der Waals surface area contributed by atoms with E-state index in [0.717, 1.165) is 45.9 Å². The normalized spacial score (nSPS) is 18.4. The molecule has 156 valence electrons. The molecule has 2 aromatic rings. The van der Waals surface area contributed by atoms with E-state index in [9.17, 15) is 14.4 Å². The number of anilines is 2. The number of amides is 3. The molecular weight excluding hydrogens is 422 g/mol. The van der Waals surface area contributed by atoms with Crippen LogP contribution in [0.25, 0.3) is 6.08 Å². The number of carbonyl (C=O) groups excluding carboxylic acids is 3. The number of morpholine rings is 1. The van der Waals surface area contributed by atoms with Crippen LogP contribution >= 0.6 is 23.1 Å². The molecule has 2 aliphatic heterocycles. The van der Waals surface area contributed by atoms with Crippen LogP contribution in [0.15, 0.2) is 40.6 Å². The smallest absolute Gasteiger partial charge is 0.294 e. The minimum atomic E-state index is -0.436. The molecule has 7 nitrogen and oxygen atoms in total. The number of benzene rings is 1. The predicted molar refractivity (Wildman–Crippen MR) is 120 cm³/mol. The van der Waals surface area contributed by atoms with Crippen molar-refractivity contribution in [3.05, 3.63) is 51.1 Å². The van der Waals surface area contributed by atoms with Crippen LogP contribution in [0.2, 0.25) is 0 Å². The Morgan fingerprint density at radius 1 is 1.20 bits per heavy atom. The molecule has 0 atom stereocenters. The molecule has 30 heavy (non-hydrogen) atoms. The van der Waals surface area contributed by atoms with Crippen molar-refractivity contribution in [1.82, 2.24) is 4.90 Å². The van der Waals surface area contributed by atoms with E-state index in [-0.39, 0.29) is 6.54 Å². The first-order chi connectivity index (χ1) is 14.5. The van der Waals surface area contributed by atoms with E-state index < -0.39 is 17.1 Å². The number of nitrogens with zero attached hydrogens (tertiary/aromatic N) is 2. The Labute approximate surface area is 182 Å². The van der Waals surface area contributed by atoms with Crippen LogP contribution in [0.5, 0.6) is 0 Å². The van der Waals surface area contributed by atoms with E-state index >= 15 is 0 Å². The summed E-state index contributed by atoms with van der Waals surface area (Å²) in [5.74, 6) is -0.846. The van der Waals surface area contributed by atoms with E-state index in [1.807, 2.05) is 42.6 Å². The Morgan fingerprint density at radius 3 is 2.70 bits per heavy atom. The molecule has 9 heteroatoms. The maximum Gasteiger partial charge on any atom is 0.294 e. The third-order valence-corrected chi connectivity index (χ3v) is 6.74. The number of hydrogen-bond acceptors (Lipinski definition) is 7. The molecule has 0 spiro atoms. The molecule has 0 saturated carbocycles. The van der Waals surface area contributed by atoms with Crippen molar-refractivity contribution in [3.8, 4) is 0 Å². The molecule has 0 unspecified atom stereocenters. The van der Waals surface area contributed by atoms with E-state index in [1.165, 1.54) is 11.3 Å². The van der Waals surface area contributed by atoms with Gasteiger partial charge in [0, 0.05) is 18.0 Å². The molecule has 2 aliphatic rings. The van der Waals surface area contributed by atoms with Gasteiger partial charge in [-0.2, -0.15) is 0 Å². The van der Waals surface area contributed by atoms with Gasteiger partial charge in [0.25, 0.3) is 11.1 Å². The van der Waals surface area contributed by atoms with Gasteiger partial charge < -0.3 is 15.0 Å². The number of carbonyl (C=O) groups is 3. The number of para-hydroxylation sites is 2. The van der Waals surface area contributed by atoms with Crippen LogP contribution in [0.4, 0.5) is 16.2 Å². The molecule has 2 fully saturated rings. The third kappa shape index (κ3) is 4.43. The Kier molecular flexibility index (Phi) is 6.21. The predicted octanol–water partition coefficient (Wildman–Crippen LogP) is 3.57. The number of aryl methyl sites for hydroxylation is 1. The number of nitrogens with one attached hydrogen (secondary N) is 1. The first-order valence-corrected chi connectivity index (χ1v) is 11.2. The fraction of sp³-hybridized carbons (Fsp3) is 0.286. The van der Waals surface area contributed by atoms with Crippen molar-refractivity contribution in [3.63, 3.8) is 0 Å². The molecule has 4 rings (SSSR count). The monoisotopic (exact) mass is 443 g/mol. The van der Waals surface area contributed by atoms with Crippen molar-refractivity contribution < 1.29 is 19.1 Å². The van der Waals surface area contributed by atoms with Crippen LogP contribution in [0.1, 0.15) is 10.4 Å². The molecule has 0 bridgehead atoms. The van der Waals surface area contributed by atoms with Gasteiger partial charge in [-0.1, -0.05) is 12.1 Å². The van der Waals surface area contributed by atoms with Gasteiger partial charge in [-0.3, -0.25) is 19.3 Å². The number of rotatable bonds is 5. The second-order valence-electron chi connectivity index (χ2n) is 6.90. The quantitative estimate of drug-likeness (QED) is 0.712. The van der Waals surface area contributed by atoms with Gasteiger partial charge >= 0.3 is 0 Å². The van der Waals surface area contributed by atoms with Gasteiger partial charge in [0.05, 0.1) is 29.5 Å². The zero-order valence-electron chi connectivity index (χ0n) is 16.4. The average Bonchev–Trinajstić information content (AvgIpc) is 3.27. The lowest BCUT2D eigenvalue weighted by atomic mass is 10.2. The number of thioether (sulfide) groups is 1. The fourth-order valence-corrected chi connectivity index (χ4v) is 5.03. The molecule has 1 aromatic carbocycles. The summed E-state index contributed by atoms with van der Waals surface area (Å²) < 4.78 is 5.39. The molecule has 1 N–H and O–H groups in total. The molecule has 1 aromatic heterocycles. The van der Waals surface area contributed by atoms with E-state index in [2.05, 4.69) is 10.2 Å². The van der Waals surface area contributed by atoms with Crippen molar-refractivity contribution in [2.24, 2.45) is 0 Å². The van der Waals surface area contributed by atoms with Gasteiger partial charge in [-0.25, -0.2) is 0 Å². The molecule has 0 radical (unpaired) electrons. The zero-order chi connectivity index (χ0) is 21.1. The van der Waals surface area contributed by atoms with Crippen LogP contribution < -0.4 is 10.2 Å². The fourth-order valence-electron chi connectivity index (χ4n) is 3.28. The molecule has 0 aliphatic carbocycles. The SMILES string of the molecule is Cc1ccsc1/C=C1/SC(=O)N(CC(=O)Nc2ccccc2N2CCOCC2)C1=O. The highest BCUT2D eigenvalue weighted by atomic mass is 32.2. The van der Waals surface area contributed by atoms with Crippen LogP contribution in [-0.2, 0) is 14.3 Å². The van der Waals surface area contributed by atoms with Gasteiger partial charge in [0.2, 0.25) is 5.91 Å². The highest BCUT2D eigenvalue weighted by Gasteiger charge is 2.36. The zero-order valence-corrected chi connectivity index (χ0v) is 18.1. The number of hydrogen-bond donors (Lipinski definition) is 1. The van der Waals surface area contributed by atoms with Crippen molar-refractivity contribution in [2.45, 2.75) is 6.92 Å². The lowest BCUT2D eigenvalue weighted by molar-refractivity contribution is -0.127. The summed E-state index contributed by atoms with van der Waals surface area (Å²) in [5.41, 5.74) is 2.60. The topological polar surface area (TPSA) is 79.0 Å². The van der Waals surface area contributed by atoms with E-state index in [0.29, 0.717) is 23.8 Å². The maximum absolute atomic E-state index is 12.7. The van der Waals surface area contributed by atoms with Crippen LogP contribution in [0, 0.1) is 6.92 Å². The number of ether oxygens (including phenoxy) is 1. The van der Waals surface area contributed by atoms with Crippen molar-refractivity contribution >= 4 is 57.6 Å². The highest BCUT2D eigenvalue weighted by Crippen LogP contribution is 2.34. The summed E-state index contributed by atoms with van der Waals surface area (Å²) in [5, 5.41) is 4.35. The minimum absolute atomic E-state index is 0.317. The summed E-state index contributed by atoms with van der Waals surface area (Å²) in [6.07, 6.45) is 1.72. The van der Waals surface area contributed by atoms with Crippen LogP contribution in [0.3, 0.4) is 0 Å². The number of imide groups is 1. The first kappa shape index (κ1) is 20.6. The second kappa shape index (κ2) is 9.03. The van der Waals surface area contributed by atoms with E-state index in [4.69, 9.17) is 4.74 Å². The average molecular weight is 444 g/mol. The van der Waals surface area contributed by atoms with Crippen molar-refractivity contribution in [2.75, 3.05) is 43.1 Å². The Hall–Kier alpha value is -2.62. The lowest BCUT2D eigenvalue weighted by Crippen LogP contribution is -2.38. The number of thiophene rings is 1. The third-order valence-electron chi connectivity index (χ3n) is 4.87. The van der Waals surface area contributed by atoms with Gasteiger partial charge in [0.1, 0.15) is 6.54 Å². The van der Waals surface area contributed by atoms with E-state index in [1.54, 1.807) is 6.08 Å². The van der Waals surface area contributed by atoms with Crippen LogP contribution in [-0.4, -0.2) is 54.8 Å². The van der Waals surface area contributed by atoms with Gasteiger partial charge in [-0.05, 0) is 53.9 Å². The standard InChI is InChI=1S/C21H21N3O4S2/c1-14-6-11-29-17(14)12-18-20(26)24(21(27)30-18)13-19(25)22-15-4-2-3-5-16(15)23-7-9-28-10-8-23/h2-6,11-12H,7-10,13H2,1H3,(H,22,25)/b18-12+. The van der Waals surface area contributed by atoms with Gasteiger partial charge in [0.15, 0.2) is 0 Å². The van der Waals surface area contributed by atoms with Gasteiger partial charge in [-0.15, -0.1) is 11.3 Å². The summed E-state index contributed by atoms with van der Waals surface area (Å²) >= 11 is 2.37. The highest BCUT2D eigenvalue weighted by molar-refractivity contribution is 8.18. The Balaban J connectivity index is 1.45. The second-order valence-corrected chi connectivity index (χ2v) is 8.84. The summed E-state index contributed by atoms with van der Waals surface area (Å²) in [7, 11) is 0. The first-order valence-electron chi connectivity index (χ1n) is 9.54. The maximum atomic E-state index is 12.7. The Morgan fingerprint density at radius 2 is 1.97 bits per heavy atom. The summed E-state index contributed by atoms with van der Waals surface area (Å²) in [6, 6.07) is 9.46. The molecular formula is C21H21N3O4S2. The molecule has 2 saturated heterocycles. The Bertz CT molecular complexity index is 1010. The summed E-state index contributed by atoms with van der Waals surface area (Å²) in [6.45, 7) is 4.38. The lowest BCUT2D eigenvalue weighted by Gasteiger charge is -2.30. The minimum Gasteiger partial charge on any atom is -0.378 e. The molecule has 3 heterocycles. The summed E-state index contributed by atoms with van der Waals surface area (Å²) in [4.78, 5) is 42.1. The van der Waals surface area contributed by atoms with Crippen molar-refractivity contribution in [1.29, 1.82) is 0 Å².